The Hall–Kier alpha value is -1.51. The van der Waals surface area contributed by atoms with Gasteiger partial charge in [0.2, 0.25) is 0 Å². The van der Waals surface area contributed by atoms with E-state index in [4.69, 9.17) is 10.5 Å². The second kappa shape index (κ2) is 8.82. The number of hydrogen-bond acceptors (Lipinski definition) is 3. The van der Waals surface area contributed by atoms with Gasteiger partial charge in [0.05, 0.1) is 13.1 Å². The van der Waals surface area contributed by atoms with Crippen molar-refractivity contribution in [1.29, 1.82) is 0 Å². The highest BCUT2D eigenvalue weighted by atomic mass is 127. The molecule has 0 aliphatic carbocycles. The van der Waals surface area contributed by atoms with Gasteiger partial charge in [-0.3, -0.25) is 4.90 Å². The van der Waals surface area contributed by atoms with Gasteiger partial charge in [0.1, 0.15) is 6.61 Å². The Morgan fingerprint density at radius 3 is 2.68 bits per heavy atom. The van der Waals surface area contributed by atoms with Crippen LogP contribution in [0.1, 0.15) is 25.8 Å². The van der Waals surface area contributed by atoms with E-state index < -0.39 is 0 Å². The third-order valence-electron chi connectivity index (χ3n) is 3.45. The summed E-state index contributed by atoms with van der Waals surface area (Å²) in [6.07, 6.45) is 0.708. The number of carbonyl (C=O) groups is 1. The lowest BCUT2D eigenvalue weighted by Gasteiger charge is -2.13. The molecule has 1 aromatic rings. The number of hydrogen-bond donors (Lipinski definition) is 2. The van der Waals surface area contributed by atoms with E-state index in [1.54, 1.807) is 4.90 Å². The van der Waals surface area contributed by atoms with Crippen LogP contribution in [0.4, 0.5) is 10.5 Å². The van der Waals surface area contributed by atoms with Gasteiger partial charge in [-0.1, -0.05) is 19.1 Å². The number of amides is 1. The van der Waals surface area contributed by atoms with E-state index >= 15 is 0 Å². The van der Waals surface area contributed by atoms with Crippen LogP contribution in [-0.2, 0) is 11.3 Å². The molecule has 0 aromatic heterocycles. The average molecular weight is 418 g/mol. The number of benzene rings is 1. The van der Waals surface area contributed by atoms with Gasteiger partial charge < -0.3 is 15.8 Å². The van der Waals surface area contributed by atoms with Crippen LogP contribution in [0.15, 0.2) is 29.3 Å². The van der Waals surface area contributed by atoms with Crippen molar-refractivity contribution in [3.63, 3.8) is 0 Å². The number of cyclic esters (lactones) is 1. The quantitative estimate of drug-likeness (QED) is 0.438. The van der Waals surface area contributed by atoms with Gasteiger partial charge in [-0.15, -0.1) is 24.0 Å². The van der Waals surface area contributed by atoms with Gasteiger partial charge in [-0.25, -0.2) is 9.79 Å². The number of aliphatic imine (C=N–C) groups is 1. The predicted molar refractivity (Wildman–Crippen MR) is 98.8 cm³/mol. The number of rotatable bonds is 5. The Balaban J connectivity index is 0.00000242. The molecule has 3 N–H and O–H groups in total. The number of ether oxygens (including phenoxy) is 1. The van der Waals surface area contributed by atoms with Crippen LogP contribution >= 0.6 is 24.0 Å². The summed E-state index contributed by atoms with van der Waals surface area (Å²) in [5.74, 6) is 0.455. The predicted octanol–water partition coefficient (Wildman–Crippen LogP) is 2.46. The Morgan fingerprint density at radius 1 is 1.45 bits per heavy atom. The normalized spacial score (nSPS) is 16.0. The lowest BCUT2D eigenvalue weighted by molar-refractivity contribution is 0.181. The molecule has 7 heteroatoms. The van der Waals surface area contributed by atoms with Crippen molar-refractivity contribution in [1.82, 2.24) is 5.32 Å². The Bertz CT molecular complexity index is 519. The Morgan fingerprint density at radius 2 is 2.14 bits per heavy atom. The maximum absolute atomic E-state index is 11.5. The topological polar surface area (TPSA) is 79.9 Å². The van der Waals surface area contributed by atoms with Crippen LogP contribution in [0.25, 0.3) is 0 Å². The van der Waals surface area contributed by atoms with Crippen molar-refractivity contribution in [2.75, 3.05) is 18.1 Å². The molecule has 22 heavy (non-hydrogen) atoms. The minimum absolute atomic E-state index is 0. The number of halogens is 1. The molecule has 1 aliphatic rings. The molecule has 0 radical (unpaired) electrons. The van der Waals surface area contributed by atoms with Gasteiger partial charge in [-0.2, -0.15) is 0 Å². The lowest BCUT2D eigenvalue weighted by Crippen LogP contribution is -2.38. The number of anilines is 1. The fourth-order valence-electron chi connectivity index (χ4n) is 1.99. The van der Waals surface area contributed by atoms with Crippen LogP contribution < -0.4 is 16.0 Å². The fourth-order valence-corrected chi connectivity index (χ4v) is 1.99. The van der Waals surface area contributed by atoms with Crippen molar-refractivity contribution >= 4 is 41.7 Å². The van der Waals surface area contributed by atoms with Crippen molar-refractivity contribution in [3.05, 3.63) is 29.8 Å². The number of nitrogens with two attached hydrogens (primary N) is 1. The van der Waals surface area contributed by atoms with Crippen molar-refractivity contribution in [3.8, 4) is 0 Å². The van der Waals surface area contributed by atoms with Gasteiger partial charge in [0.25, 0.3) is 0 Å². The minimum Gasteiger partial charge on any atom is -0.447 e. The second-order valence-electron chi connectivity index (χ2n) is 5.09. The number of carbonyl (C=O) groups excluding carboxylic acids is 1. The second-order valence-corrected chi connectivity index (χ2v) is 5.09. The molecule has 1 aliphatic heterocycles. The van der Waals surface area contributed by atoms with E-state index in [0.29, 0.717) is 31.7 Å². The lowest BCUT2D eigenvalue weighted by atomic mass is 10.2. The third kappa shape index (κ3) is 5.04. The summed E-state index contributed by atoms with van der Waals surface area (Å²) < 4.78 is 4.92. The van der Waals surface area contributed by atoms with E-state index in [0.717, 1.165) is 17.7 Å². The molecule has 1 amide bonds. The van der Waals surface area contributed by atoms with Crippen molar-refractivity contribution < 1.29 is 9.53 Å². The first-order chi connectivity index (χ1) is 10.1. The third-order valence-corrected chi connectivity index (χ3v) is 3.45. The largest absolute Gasteiger partial charge is 0.447 e. The molecule has 1 unspecified atom stereocenters. The van der Waals surface area contributed by atoms with E-state index in [1.165, 1.54) is 0 Å². The molecular weight excluding hydrogens is 395 g/mol. The van der Waals surface area contributed by atoms with Crippen LogP contribution in [-0.4, -0.2) is 31.2 Å². The van der Waals surface area contributed by atoms with E-state index in [-0.39, 0.29) is 30.1 Å². The van der Waals surface area contributed by atoms with Crippen LogP contribution in [0.5, 0.6) is 0 Å². The zero-order chi connectivity index (χ0) is 15.2. The summed E-state index contributed by atoms with van der Waals surface area (Å²) >= 11 is 0. The highest BCUT2D eigenvalue weighted by Gasteiger charge is 2.23. The zero-order valence-corrected chi connectivity index (χ0v) is 15.2. The number of nitrogens with one attached hydrogen (secondary N) is 1. The molecule has 0 saturated carbocycles. The molecule has 122 valence electrons. The zero-order valence-electron chi connectivity index (χ0n) is 12.9. The maximum atomic E-state index is 11.5. The van der Waals surface area contributed by atoms with Gasteiger partial charge in [-0.05, 0) is 31.0 Å². The van der Waals surface area contributed by atoms with Crippen molar-refractivity contribution in [2.45, 2.75) is 32.9 Å². The maximum Gasteiger partial charge on any atom is 0.414 e. The summed E-state index contributed by atoms with van der Waals surface area (Å²) in [5.41, 5.74) is 7.70. The number of nitrogens with zero attached hydrogens (tertiary/aromatic N) is 2. The van der Waals surface area contributed by atoms with Crippen LogP contribution in [0.3, 0.4) is 0 Å². The molecule has 1 atom stereocenters. The SMILES string of the molecule is CCC(C)NC(N)=NCc1ccc(N2CCOC2=O)cc1.I. The highest BCUT2D eigenvalue weighted by molar-refractivity contribution is 14.0. The Kier molecular flexibility index (Phi) is 7.43. The van der Waals surface area contributed by atoms with Gasteiger partial charge in [0, 0.05) is 11.7 Å². The molecular formula is C15H23IN4O2. The first kappa shape index (κ1) is 18.5. The van der Waals surface area contributed by atoms with Crippen LogP contribution in [0, 0.1) is 0 Å². The first-order valence-electron chi connectivity index (χ1n) is 7.20. The highest BCUT2D eigenvalue weighted by Crippen LogP contribution is 2.19. The molecule has 6 nitrogen and oxygen atoms in total. The smallest absolute Gasteiger partial charge is 0.414 e. The summed E-state index contributed by atoms with van der Waals surface area (Å²) in [6, 6.07) is 8.00. The standard InChI is InChI=1S/C15H22N4O2.HI/c1-3-11(2)18-14(16)17-10-12-4-6-13(7-5-12)19-8-9-21-15(19)20;/h4-7,11H,3,8-10H2,1-2H3,(H3,16,17,18);1H. The average Bonchev–Trinajstić information content (AvgIpc) is 2.91. The minimum atomic E-state index is -0.289. The molecule has 0 spiro atoms. The molecule has 0 bridgehead atoms. The van der Waals surface area contributed by atoms with Crippen molar-refractivity contribution in [2.24, 2.45) is 10.7 Å². The molecule has 1 saturated heterocycles. The first-order valence-corrected chi connectivity index (χ1v) is 7.20. The molecule has 2 rings (SSSR count). The molecule has 1 aromatic carbocycles. The van der Waals surface area contributed by atoms with E-state index in [9.17, 15) is 4.79 Å². The molecule has 1 heterocycles. The fraction of sp³-hybridized carbons (Fsp3) is 0.467. The summed E-state index contributed by atoms with van der Waals surface area (Å²) in [6.45, 7) is 5.71. The molecule has 1 fully saturated rings. The Labute approximate surface area is 148 Å². The van der Waals surface area contributed by atoms with E-state index in [2.05, 4.69) is 24.2 Å². The number of guanidine groups is 1. The van der Waals surface area contributed by atoms with Gasteiger partial charge >= 0.3 is 6.09 Å². The van der Waals surface area contributed by atoms with Crippen LogP contribution in [0.2, 0.25) is 0 Å². The summed E-state index contributed by atoms with van der Waals surface area (Å²) in [5, 5.41) is 3.12. The summed E-state index contributed by atoms with van der Waals surface area (Å²) in [7, 11) is 0. The van der Waals surface area contributed by atoms with Gasteiger partial charge in [0.15, 0.2) is 5.96 Å². The summed E-state index contributed by atoms with van der Waals surface area (Å²) in [4.78, 5) is 17.4. The van der Waals surface area contributed by atoms with E-state index in [1.807, 2.05) is 24.3 Å². The monoisotopic (exact) mass is 418 g/mol.